The average Bonchev–Trinajstić information content (AvgIpc) is 3.66. The highest BCUT2D eigenvalue weighted by Crippen LogP contribution is 2.41. The van der Waals surface area contributed by atoms with E-state index >= 15 is 0 Å². The molecule has 8 heteroatoms. The molecule has 8 nitrogen and oxygen atoms in total. The zero-order valence-corrected chi connectivity index (χ0v) is 28.5. The average molecular weight is 600 g/mol. The normalized spacial score (nSPS) is 33.1. The van der Waals surface area contributed by atoms with Crippen LogP contribution in [0.1, 0.15) is 119 Å². The molecular weight excluding hydrogens is 534 g/mol. The van der Waals surface area contributed by atoms with E-state index in [9.17, 15) is 10.5 Å². The summed E-state index contributed by atoms with van der Waals surface area (Å²) in [6.45, 7) is 18.2. The molecule has 4 N–H and O–H groups in total. The first kappa shape index (κ1) is 32.8. The highest BCUT2D eigenvalue weighted by atomic mass is 16.3. The third-order valence-corrected chi connectivity index (χ3v) is 12.2. The van der Waals surface area contributed by atoms with Gasteiger partial charge >= 0.3 is 0 Å². The lowest BCUT2D eigenvalue weighted by molar-refractivity contribution is 0.0399. The largest absolute Gasteiger partial charge is 0.391 e. The molecule has 246 valence electrons. The van der Waals surface area contributed by atoms with Gasteiger partial charge in [-0.05, 0) is 81.0 Å². The van der Waals surface area contributed by atoms with Crippen molar-refractivity contribution in [2.24, 2.45) is 39.8 Å². The molecule has 5 atom stereocenters. The quantitative estimate of drug-likeness (QED) is 0.305. The van der Waals surface area contributed by atoms with Crippen molar-refractivity contribution in [2.45, 2.75) is 149 Å². The van der Waals surface area contributed by atoms with Gasteiger partial charge in [0.15, 0.2) is 11.9 Å². The number of nitrogens with two attached hydrogens (primary N) is 1. The number of hydrogen-bond acceptors (Lipinski definition) is 6. The van der Waals surface area contributed by atoms with Crippen LogP contribution in [0.25, 0.3) is 0 Å². The van der Waals surface area contributed by atoms with Crippen molar-refractivity contribution in [2.75, 3.05) is 32.7 Å². The van der Waals surface area contributed by atoms with E-state index in [1.165, 1.54) is 70.6 Å². The van der Waals surface area contributed by atoms with Crippen LogP contribution < -0.4 is 5.73 Å². The second-order valence-electron chi connectivity index (χ2n) is 16.4. The Hall–Kier alpha value is -1.54. The molecular formula is C35H65N7O. The minimum Gasteiger partial charge on any atom is -0.391 e. The molecule has 3 heterocycles. The van der Waals surface area contributed by atoms with E-state index < -0.39 is 6.10 Å². The van der Waals surface area contributed by atoms with Crippen LogP contribution >= 0.6 is 0 Å². The summed E-state index contributed by atoms with van der Waals surface area (Å²) in [7, 11) is 0. The van der Waals surface area contributed by atoms with Crippen LogP contribution in [0.3, 0.4) is 0 Å². The van der Waals surface area contributed by atoms with E-state index in [1.807, 2.05) is 6.92 Å². The second kappa shape index (κ2) is 13.8. The van der Waals surface area contributed by atoms with E-state index in [2.05, 4.69) is 59.2 Å². The van der Waals surface area contributed by atoms with Gasteiger partial charge in [0, 0.05) is 32.2 Å². The second-order valence-corrected chi connectivity index (χ2v) is 16.4. The molecule has 5 rings (SSSR count). The molecule has 0 bridgehead atoms. The molecule has 5 aliphatic rings. The SMILES string of the molecule is CC(C)[C@@H]1CN=C(N)N1C[C@@H]1CCCN1[C@@H](CC1CCCCC1)N1C[C@@H]([C@@H](C)O)N(CC2CCC(C(C)(C)C)CC2)C1=N. The van der Waals surface area contributed by atoms with Crippen LogP contribution in [0.15, 0.2) is 4.99 Å². The van der Waals surface area contributed by atoms with E-state index in [0.29, 0.717) is 41.3 Å². The first-order valence-electron chi connectivity index (χ1n) is 18.1. The number of aliphatic imine (C=N–C) groups is 1. The molecule has 4 fully saturated rings. The van der Waals surface area contributed by atoms with E-state index in [0.717, 1.165) is 51.0 Å². The number of likely N-dealkylation sites (tertiary alicyclic amines) is 1. The monoisotopic (exact) mass is 600 g/mol. The molecule has 0 aromatic heterocycles. The smallest absolute Gasteiger partial charge is 0.195 e. The summed E-state index contributed by atoms with van der Waals surface area (Å²) >= 11 is 0. The Bertz CT molecular complexity index is 946. The van der Waals surface area contributed by atoms with Gasteiger partial charge in [-0.3, -0.25) is 15.3 Å². The Labute approximate surface area is 263 Å². The predicted molar refractivity (Wildman–Crippen MR) is 178 cm³/mol. The number of rotatable bonds is 10. The number of nitrogens with zero attached hydrogens (tertiary/aromatic N) is 5. The summed E-state index contributed by atoms with van der Waals surface area (Å²) in [4.78, 5) is 14.5. The molecule has 2 aliphatic carbocycles. The number of hydrogen-bond donors (Lipinski definition) is 3. The van der Waals surface area contributed by atoms with Gasteiger partial charge in [-0.15, -0.1) is 0 Å². The first-order chi connectivity index (χ1) is 20.4. The number of aliphatic hydroxyl groups is 1. The molecule has 0 aromatic carbocycles. The van der Waals surface area contributed by atoms with E-state index in [1.54, 1.807) is 0 Å². The predicted octanol–water partition coefficient (Wildman–Crippen LogP) is 5.56. The lowest BCUT2D eigenvalue weighted by Crippen LogP contribution is -2.56. The maximum atomic E-state index is 11.0. The topological polar surface area (TPSA) is 95.4 Å². The molecule has 0 amide bonds. The number of guanidine groups is 2. The summed E-state index contributed by atoms with van der Waals surface area (Å²) in [6, 6.07) is 0.795. The fourth-order valence-electron chi connectivity index (χ4n) is 9.28. The van der Waals surface area contributed by atoms with Crippen molar-refractivity contribution in [1.29, 1.82) is 5.41 Å². The van der Waals surface area contributed by atoms with Gasteiger partial charge in [0.05, 0.1) is 30.9 Å². The van der Waals surface area contributed by atoms with Crippen molar-refractivity contribution in [1.82, 2.24) is 19.6 Å². The van der Waals surface area contributed by atoms with Crippen LogP contribution in [0.2, 0.25) is 0 Å². The van der Waals surface area contributed by atoms with Gasteiger partial charge in [0.1, 0.15) is 0 Å². The molecule has 0 spiro atoms. The van der Waals surface area contributed by atoms with Crippen LogP contribution in [-0.4, -0.2) is 99.7 Å². The molecule has 0 unspecified atom stereocenters. The maximum absolute atomic E-state index is 11.0. The summed E-state index contributed by atoms with van der Waals surface area (Å²) in [6.07, 6.45) is 15.0. The highest BCUT2D eigenvalue weighted by Gasteiger charge is 2.46. The van der Waals surface area contributed by atoms with E-state index in [4.69, 9.17) is 5.73 Å². The third-order valence-electron chi connectivity index (χ3n) is 12.2. The van der Waals surface area contributed by atoms with Crippen molar-refractivity contribution in [3.63, 3.8) is 0 Å². The lowest BCUT2D eigenvalue weighted by atomic mass is 9.70. The molecule has 43 heavy (non-hydrogen) atoms. The van der Waals surface area contributed by atoms with Crippen LogP contribution in [-0.2, 0) is 0 Å². The fraction of sp³-hybridized carbons (Fsp3) is 0.943. The molecule has 3 aliphatic heterocycles. The Morgan fingerprint density at radius 2 is 1.58 bits per heavy atom. The van der Waals surface area contributed by atoms with Gasteiger partial charge in [-0.25, -0.2) is 0 Å². The van der Waals surface area contributed by atoms with Crippen molar-refractivity contribution in [3.8, 4) is 0 Å². The van der Waals surface area contributed by atoms with Gasteiger partial charge < -0.3 is 25.5 Å². The molecule has 0 radical (unpaired) electrons. The van der Waals surface area contributed by atoms with Crippen molar-refractivity contribution >= 4 is 11.9 Å². The van der Waals surface area contributed by atoms with Crippen LogP contribution in [0.4, 0.5) is 0 Å². The minimum atomic E-state index is -0.451. The van der Waals surface area contributed by atoms with Crippen molar-refractivity contribution < 1.29 is 5.11 Å². The summed E-state index contributed by atoms with van der Waals surface area (Å²) < 4.78 is 0. The zero-order valence-electron chi connectivity index (χ0n) is 28.5. The molecule has 2 saturated carbocycles. The van der Waals surface area contributed by atoms with Crippen LogP contribution in [0.5, 0.6) is 0 Å². The van der Waals surface area contributed by atoms with Gasteiger partial charge in [0.2, 0.25) is 0 Å². The Kier molecular flexibility index (Phi) is 10.6. The standard InChI is InChI=1S/C35H65N7O/c1-24(2)30-20-38-33(36)40(30)22-29-13-10-18-39(29)32(19-26-11-8-7-9-12-26)42-23-31(25(3)43)41(34(42)37)21-27-14-16-28(17-15-27)35(4,5)6/h24-32,37,43H,7-23H2,1-6H3,(H2,36,38)/t25-,27?,28?,29+,30+,31+,32-/m1/s1. The summed E-state index contributed by atoms with van der Waals surface area (Å²) in [5.41, 5.74) is 6.85. The fourth-order valence-corrected chi connectivity index (χ4v) is 9.28. The highest BCUT2D eigenvalue weighted by molar-refractivity contribution is 5.80. The van der Waals surface area contributed by atoms with Crippen LogP contribution in [0, 0.1) is 34.5 Å². The van der Waals surface area contributed by atoms with Gasteiger partial charge in [0.25, 0.3) is 0 Å². The lowest BCUT2D eigenvalue weighted by Gasteiger charge is -2.43. The summed E-state index contributed by atoms with van der Waals surface area (Å²) in [5.74, 6) is 4.02. The van der Waals surface area contributed by atoms with E-state index in [-0.39, 0.29) is 12.2 Å². The zero-order chi connectivity index (χ0) is 30.9. The number of aliphatic hydroxyl groups excluding tert-OH is 1. The Morgan fingerprint density at radius 3 is 2.21 bits per heavy atom. The van der Waals surface area contributed by atoms with Crippen molar-refractivity contribution in [3.05, 3.63) is 0 Å². The molecule has 0 aromatic rings. The van der Waals surface area contributed by atoms with Gasteiger partial charge in [-0.2, -0.15) is 0 Å². The minimum absolute atomic E-state index is 0.00516. The summed E-state index contributed by atoms with van der Waals surface area (Å²) in [5, 5.41) is 20.7. The Morgan fingerprint density at radius 1 is 0.884 bits per heavy atom. The first-order valence-corrected chi connectivity index (χ1v) is 18.1. The molecule has 2 saturated heterocycles. The number of nitrogens with one attached hydrogen (secondary N) is 1. The Balaban J connectivity index is 1.34. The van der Waals surface area contributed by atoms with Gasteiger partial charge in [-0.1, -0.05) is 66.7 Å². The maximum Gasteiger partial charge on any atom is 0.195 e. The third kappa shape index (κ3) is 7.48.